The maximum absolute atomic E-state index is 12.9. The highest BCUT2D eigenvalue weighted by molar-refractivity contribution is 5.93. The van der Waals surface area contributed by atoms with Gasteiger partial charge in [0.15, 0.2) is 0 Å². The number of carbonyl (C=O) groups is 1. The van der Waals surface area contributed by atoms with E-state index in [1.165, 1.54) is 42.5 Å². The van der Waals surface area contributed by atoms with Crippen molar-refractivity contribution >= 4 is 18.3 Å². The van der Waals surface area contributed by atoms with Crippen LogP contribution in [0.1, 0.15) is 21.7 Å². The summed E-state index contributed by atoms with van der Waals surface area (Å²) in [7, 11) is 1.45. The van der Waals surface area contributed by atoms with Crippen molar-refractivity contribution in [2.45, 2.75) is 18.8 Å². The van der Waals surface area contributed by atoms with Gasteiger partial charge in [-0.15, -0.1) is 12.4 Å². The molecule has 0 aliphatic carbocycles. The Morgan fingerprint density at radius 2 is 2.04 bits per heavy atom. The average Bonchev–Trinajstić information content (AvgIpc) is 3.07. The zero-order valence-corrected chi connectivity index (χ0v) is 15.2. The number of para-hydroxylation sites is 1. The van der Waals surface area contributed by atoms with Crippen molar-refractivity contribution in [3.63, 3.8) is 0 Å². The molecule has 1 unspecified atom stereocenters. The second-order valence-corrected chi connectivity index (χ2v) is 5.65. The molecule has 3 N–H and O–H groups in total. The van der Waals surface area contributed by atoms with Crippen molar-refractivity contribution < 1.29 is 32.2 Å². The number of hydrogen-bond donors (Lipinski definition) is 2. The summed E-state index contributed by atoms with van der Waals surface area (Å²) in [5.41, 5.74) is 4.74. The molecule has 10 heteroatoms. The molecule has 1 atom stereocenters. The molecule has 150 valence electrons. The molecule has 1 aromatic heterocycles. The molecule has 0 saturated heterocycles. The number of carbonyl (C=O) groups excluding carboxylic acids is 1. The zero-order chi connectivity index (χ0) is 19.3. The standard InChI is InChI=1S/C17H19F3N2O4.ClH/c1-22(16(24)11-6-13(7-21)25-9-11)8-12(23)10-26-15-5-3-2-4-14(15)17(18,19)20;/h2-6,9,12,23H,7-8,10,21H2,1H3;1H. The lowest BCUT2D eigenvalue weighted by Crippen LogP contribution is -2.37. The van der Waals surface area contributed by atoms with Crippen molar-refractivity contribution in [3.05, 3.63) is 53.5 Å². The summed E-state index contributed by atoms with van der Waals surface area (Å²) in [6.45, 7) is -0.383. The third-order valence-electron chi connectivity index (χ3n) is 3.56. The molecule has 2 rings (SSSR count). The Kier molecular flexibility index (Phi) is 8.14. The van der Waals surface area contributed by atoms with Crippen LogP contribution >= 0.6 is 12.4 Å². The highest BCUT2D eigenvalue weighted by Gasteiger charge is 2.34. The summed E-state index contributed by atoms with van der Waals surface area (Å²) in [5, 5.41) is 9.98. The van der Waals surface area contributed by atoms with Crippen LogP contribution in [0.15, 0.2) is 41.0 Å². The molecule has 0 fully saturated rings. The molecule has 0 aliphatic heterocycles. The first-order valence-corrected chi connectivity index (χ1v) is 7.72. The van der Waals surface area contributed by atoms with E-state index in [9.17, 15) is 23.1 Å². The van der Waals surface area contributed by atoms with Gasteiger partial charge in [-0.05, 0) is 18.2 Å². The van der Waals surface area contributed by atoms with E-state index in [4.69, 9.17) is 14.9 Å². The zero-order valence-electron chi connectivity index (χ0n) is 14.4. The monoisotopic (exact) mass is 408 g/mol. The first kappa shape index (κ1) is 22.8. The number of nitrogens with zero attached hydrogens (tertiary/aromatic N) is 1. The number of furan rings is 1. The highest BCUT2D eigenvalue weighted by atomic mass is 35.5. The van der Waals surface area contributed by atoms with E-state index in [0.29, 0.717) is 5.76 Å². The highest BCUT2D eigenvalue weighted by Crippen LogP contribution is 2.35. The Balaban J connectivity index is 0.00000364. The number of likely N-dealkylation sites (N-methyl/N-ethyl adjacent to an activating group) is 1. The van der Waals surface area contributed by atoms with Gasteiger partial charge in [0.25, 0.3) is 5.91 Å². The fourth-order valence-corrected chi connectivity index (χ4v) is 2.28. The summed E-state index contributed by atoms with van der Waals surface area (Å²) in [6.07, 6.45) is -4.48. The number of aliphatic hydroxyl groups is 1. The van der Waals surface area contributed by atoms with Crippen molar-refractivity contribution in [1.29, 1.82) is 0 Å². The Hall–Kier alpha value is -2.23. The number of aliphatic hydroxyl groups excluding tert-OH is 1. The van der Waals surface area contributed by atoms with Crippen LogP contribution in [-0.4, -0.2) is 42.2 Å². The molecule has 0 radical (unpaired) electrons. The van der Waals surface area contributed by atoms with Crippen molar-refractivity contribution in [3.8, 4) is 5.75 Å². The van der Waals surface area contributed by atoms with Crippen molar-refractivity contribution in [2.75, 3.05) is 20.2 Å². The Bertz CT molecular complexity index is 752. The minimum Gasteiger partial charge on any atom is -0.490 e. The fraction of sp³-hybridized carbons (Fsp3) is 0.353. The summed E-state index contributed by atoms with van der Waals surface area (Å²) < 4.78 is 48.8. The number of hydrogen-bond acceptors (Lipinski definition) is 5. The van der Waals surface area contributed by atoms with Gasteiger partial charge in [0.05, 0.1) is 17.7 Å². The van der Waals surface area contributed by atoms with E-state index in [2.05, 4.69) is 0 Å². The molecule has 27 heavy (non-hydrogen) atoms. The summed E-state index contributed by atoms with van der Waals surface area (Å²) >= 11 is 0. The van der Waals surface area contributed by atoms with Gasteiger partial charge in [-0.1, -0.05) is 12.1 Å². The maximum atomic E-state index is 12.9. The molecule has 1 amide bonds. The SMILES string of the molecule is CN(CC(O)COc1ccccc1C(F)(F)F)C(=O)c1coc(CN)c1.Cl. The molecule has 1 heterocycles. The largest absolute Gasteiger partial charge is 0.490 e. The number of halogens is 4. The van der Waals surface area contributed by atoms with E-state index < -0.39 is 30.4 Å². The van der Waals surface area contributed by atoms with Crippen LogP contribution in [0.3, 0.4) is 0 Å². The van der Waals surface area contributed by atoms with Crippen LogP contribution in [0.5, 0.6) is 5.75 Å². The van der Waals surface area contributed by atoms with E-state index in [1.807, 2.05) is 0 Å². The van der Waals surface area contributed by atoms with E-state index in [1.54, 1.807) is 0 Å². The molecule has 0 bridgehead atoms. The Morgan fingerprint density at radius 1 is 1.37 bits per heavy atom. The lowest BCUT2D eigenvalue weighted by atomic mass is 10.2. The first-order chi connectivity index (χ1) is 12.2. The summed E-state index contributed by atoms with van der Waals surface area (Å²) in [6, 6.07) is 6.20. The van der Waals surface area contributed by atoms with Gasteiger partial charge in [0.1, 0.15) is 30.5 Å². The van der Waals surface area contributed by atoms with Gasteiger partial charge in [-0.3, -0.25) is 4.79 Å². The molecule has 0 aliphatic rings. The topological polar surface area (TPSA) is 88.9 Å². The Morgan fingerprint density at radius 3 is 2.63 bits per heavy atom. The number of alkyl halides is 3. The number of benzene rings is 1. The van der Waals surface area contributed by atoms with E-state index >= 15 is 0 Å². The Labute approximate surface area is 160 Å². The van der Waals surface area contributed by atoms with E-state index in [0.717, 1.165) is 6.07 Å². The summed E-state index contributed by atoms with van der Waals surface area (Å²) in [5.74, 6) is -0.354. The molecular weight excluding hydrogens is 389 g/mol. The predicted molar refractivity (Wildman–Crippen MR) is 93.8 cm³/mol. The second kappa shape index (κ2) is 9.63. The van der Waals surface area contributed by atoms with Gasteiger partial charge >= 0.3 is 6.18 Å². The van der Waals surface area contributed by atoms with Crippen LogP contribution < -0.4 is 10.5 Å². The molecule has 6 nitrogen and oxygen atoms in total. The molecule has 1 aromatic carbocycles. The number of ether oxygens (including phenoxy) is 1. The molecule has 2 aromatic rings. The third kappa shape index (κ3) is 6.16. The normalized spacial score (nSPS) is 12.2. The fourth-order valence-electron chi connectivity index (χ4n) is 2.28. The number of amides is 1. The number of nitrogens with two attached hydrogens (primary N) is 1. The van der Waals surface area contributed by atoms with Gasteiger partial charge in [0, 0.05) is 13.6 Å². The van der Waals surface area contributed by atoms with Crippen LogP contribution in [0, 0.1) is 0 Å². The number of rotatable bonds is 7. The predicted octanol–water partition coefficient (Wildman–Crippen LogP) is 2.69. The van der Waals surface area contributed by atoms with Crippen LogP contribution in [-0.2, 0) is 12.7 Å². The molecular formula is C17H20ClF3N2O4. The van der Waals surface area contributed by atoms with E-state index in [-0.39, 0.29) is 36.8 Å². The minimum atomic E-state index is -4.56. The maximum Gasteiger partial charge on any atom is 0.419 e. The minimum absolute atomic E-state index is 0. The van der Waals surface area contributed by atoms with Crippen molar-refractivity contribution in [1.82, 2.24) is 4.90 Å². The van der Waals surface area contributed by atoms with Gasteiger partial charge < -0.3 is 24.9 Å². The average molecular weight is 409 g/mol. The van der Waals surface area contributed by atoms with Crippen LogP contribution in [0.4, 0.5) is 13.2 Å². The third-order valence-corrected chi connectivity index (χ3v) is 3.56. The molecule has 0 saturated carbocycles. The first-order valence-electron chi connectivity index (χ1n) is 7.72. The van der Waals surface area contributed by atoms with Crippen LogP contribution in [0.25, 0.3) is 0 Å². The lowest BCUT2D eigenvalue weighted by molar-refractivity contribution is -0.139. The molecule has 0 spiro atoms. The quantitative estimate of drug-likeness (QED) is 0.735. The van der Waals surface area contributed by atoms with Crippen LogP contribution in [0.2, 0.25) is 0 Å². The van der Waals surface area contributed by atoms with Crippen molar-refractivity contribution in [2.24, 2.45) is 5.73 Å². The van der Waals surface area contributed by atoms with Gasteiger partial charge in [-0.25, -0.2) is 0 Å². The second-order valence-electron chi connectivity index (χ2n) is 5.65. The summed E-state index contributed by atoms with van der Waals surface area (Å²) in [4.78, 5) is 13.4. The lowest BCUT2D eigenvalue weighted by Gasteiger charge is -2.21. The smallest absolute Gasteiger partial charge is 0.419 e. The van der Waals surface area contributed by atoms with Gasteiger partial charge in [0.2, 0.25) is 0 Å². The van der Waals surface area contributed by atoms with Gasteiger partial charge in [-0.2, -0.15) is 13.2 Å².